The van der Waals surface area contributed by atoms with Crippen LogP contribution >= 0.6 is 0 Å². The topological polar surface area (TPSA) is 64.4 Å². The molecule has 0 radical (unpaired) electrons. The SMILES string of the molecule is CC(C)(C)CC(CN)C(=O)NCCOCC1CC1. The molecule has 3 N–H and O–H groups in total. The molecule has 1 rings (SSSR count). The lowest BCUT2D eigenvalue weighted by atomic mass is 9.84. The minimum Gasteiger partial charge on any atom is -0.379 e. The fourth-order valence-electron chi connectivity index (χ4n) is 1.95. The highest BCUT2D eigenvalue weighted by molar-refractivity contribution is 5.78. The van der Waals surface area contributed by atoms with Gasteiger partial charge in [-0.3, -0.25) is 4.79 Å². The molecule has 0 aliphatic heterocycles. The van der Waals surface area contributed by atoms with E-state index in [1.165, 1.54) is 12.8 Å². The summed E-state index contributed by atoms with van der Waals surface area (Å²) in [6, 6.07) is 0. The molecule has 1 amide bonds. The Morgan fingerprint density at radius 2 is 2.11 bits per heavy atom. The van der Waals surface area contributed by atoms with E-state index in [4.69, 9.17) is 10.5 Å². The zero-order valence-electron chi connectivity index (χ0n) is 12.0. The van der Waals surface area contributed by atoms with Crippen molar-refractivity contribution in [1.29, 1.82) is 0 Å². The number of hydrogen-bond acceptors (Lipinski definition) is 3. The van der Waals surface area contributed by atoms with Gasteiger partial charge in [0.2, 0.25) is 5.91 Å². The van der Waals surface area contributed by atoms with Gasteiger partial charge in [0.25, 0.3) is 0 Å². The van der Waals surface area contributed by atoms with Crippen molar-refractivity contribution in [2.45, 2.75) is 40.0 Å². The largest absolute Gasteiger partial charge is 0.379 e. The first-order valence-corrected chi connectivity index (χ1v) is 6.98. The third-order valence-corrected chi connectivity index (χ3v) is 3.11. The Hall–Kier alpha value is -0.610. The van der Waals surface area contributed by atoms with E-state index in [1.807, 2.05) is 0 Å². The summed E-state index contributed by atoms with van der Waals surface area (Å²) < 4.78 is 5.48. The number of carbonyl (C=O) groups is 1. The molecule has 0 aromatic carbocycles. The number of rotatable bonds is 8. The first-order chi connectivity index (χ1) is 8.42. The van der Waals surface area contributed by atoms with E-state index in [2.05, 4.69) is 26.1 Å². The highest BCUT2D eigenvalue weighted by Crippen LogP contribution is 2.28. The van der Waals surface area contributed by atoms with Crippen molar-refractivity contribution in [3.63, 3.8) is 0 Å². The van der Waals surface area contributed by atoms with Gasteiger partial charge in [0, 0.05) is 19.7 Å². The van der Waals surface area contributed by atoms with Crippen molar-refractivity contribution in [2.24, 2.45) is 23.0 Å². The Morgan fingerprint density at radius 3 is 2.61 bits per heavy atom. The fourth-order valence-corrected chi connectivity index (χ4v) is 1.95. The molecule has 106 valence electrons. The lowest BCUT2D eigenvalue weighted by Crippen LogP contribution is -2.38. The lowest BCUT2D eigenvalue weighted by molar-refractivity contribution is -0.125. The second-order valence-corrected chi connectivity index (χ2v) is 6.51. The van der Waals surface area contributed by atoms with Crippen LogP contribution in [0.25, 0.3) is 0 Å². The highest BCUT2D eigenvalue weighted by Gasteiger charge is 2.23. The third kappa shape index (κ3) is 6.97. The monoisotopic (exact) mass is 256 g/mol. The molecule has 18 heavy (non-hydrogen) atoms. The van der Waals surface area contributed by atoms with Gasteiger partial charge in [-0.25, -0.2) is 0 Å². The van der Waals surface area contributed by atoms with Crippen LogP contribution < -0.4 is 11.1 Å². The van der Waals surface area contributed by atoms with Gasteiger partial charge >= 0.3 is 0 Å². The van der Waals surface area contributed by atoms with E-state index in [0.717, 1.165) is 18.9 Å². The van der Waals surface area contributed by atoms with Crippen LogP contribution in [0.15, 0.2) is 0 Å². The van der Waals surface area contributed by atoms with E-state index in [9.17, 15) is 4.79 Å². The van der Waals surface area contributed by atoms with E-state index in [-0.39, 0.29) is 17.2 Å². The highest BCUT2D eigenvalue weighted by atomic mass is 16.5. The fraction of sp³-hybridized carbons (Fsp3) is 0.929. The summed E-state index contributed by atoms with van der Waals surface area (Å²) in [5.74, 6) is 0.745. The maximum absolute atomic E-state index is 11.9. The van der Waals surface area contributed by atoms with Gasteiger partial charge in [-0.05, 0) is 30.6 Å². The second-order valence-electron chi connectivity index (χ2n) is 6.51. The van der Waals surface area contributed by atoms with Crippen LogP contribution in [-0.2, 0) is 9.53 Å². The van der Waals surface area contributed by atoms with Gasteiger partial charge in [-0.1, -0.05) is 20.8 Å². The third-order valence-electron chi connectivity index (χ3n) is 3.11. The zero-order chi connectivity index (χ0) is 13.6. The van der Waals surface area contributed by atoms with E-state index in [0.29, 0.717) is 19.7 Å². The second kappa shape index (κ2) is 7.10. The van der Waals surface area contributed by atoms with Crippen LogP contribution in [0, 0.1) is 17.3 Å². The number of nitrogens with one attached hydrogen (secondary N) is 1. The summed E-state index contributed by atoms with van der Waals surface area (Å²) >= 11 is 0. The van der Waals surface area contributed by atoms with E-state index < -0.39 is 0 Å². The van der Waals surface area contributed by atoms with Gasteiger partial charge in [-0.2, -0.15) is 0 Å². The van der Waals surface area contributed by atoms with Crippen LogP contribution in [0.4, 0.5) is 0 Å². The standard InChI is InChI=1S/C14H28N2O2/c1-14(2,3)8-12(9-15)13(17)16-6-7-18-10-11-4-5-11/h11-12H,4-10,15H2,1-3H3,(H,16,17). The van der Waals surface area contributed by atoms with Crippen LogP contribution in [0.5, 0.6) is 0 Å². The van der Waals surface area contributed by atoms with Crippen LogP contribution in [0.3, 0.4) is 0 Å². The first kappa shape index (κ1) is 15.4. The lowest BCUT2D eigenvalue weighted by Gasteiger charge is -2.24. The molecule has 1 aliphatic carbocycles. The molecular weight excluding hydrogens is 228 g/mol. The molecule has 4 nitrogen and oxygen atoms in total. The summed E-state index contributed by atoms with van der Waals surface area (Å²) in [7, 11) is 0. The molecule has 0 aromatic rings. The van der Waals surface area contributed by atoms with Crippen molar-refractivity contribution in [3.8, 4) is 0 Å². The summed E-state index contributed by atoms with van der Waals surface area (Å²) in [6.07, 6.45) is 3.42. The van der Waals surface area contributed by atoms with Crippen molar-refractivity contribution >= 4 is 5.91 Å². The number of nitrogens with two attached hydrogens (primary N) is 1. The van der Waals surface area contributed by atoms with Gasteiger partial charge in [0.15, 0.2) is 0 Å². The minimum atomic E-state index is -0.0894. The normalized spacial score (nSPS) is 17.6. The van der Waals surface area contributed by atoms with Gasteiger partial charge in [-0.15, -0.1) is 0 Å². The van der Waals surface area contributed by atoms with Crippen molar-refractivity contribution in [3.05, 3.63) is 0 Å². The first-order valence-electron chi connectivity index (χ1n) is 6.98. The molecule has 0 spiro atoms. The number of carbonyl (C=O) groups excluding carboxylic acids is 1. The van der Waals surface area contributed by atoms with Crippen molar-refractivity contribution in [1.82, 2.24) is 5.32 Å². The molecule has 1 fully saturated rings. The number of amides is 1. The molecule has 0 heterocycles. The maximum atomic E-state index is 11.9. The van der Waals surface area contributed by atoms with E-state index in [1.54, 1.807) is 0 Å². The van der Waals surface area contributed by atoms with Crippen molar-refractivity contribution < 1.29 is 9.53 Å². The van der Waals surface area contributed by atoms with Gasteiger partial charge in [0.05, 0.1) is 12.5 Å². The average Bonchev–Trinajstić information content (AvgIpc) is 3.07. The Balaban J connectivity index is 2.11. The molecule has 0 aromatic heterocycles. The smallest absolute Gasteiger partial charge is 0.224 e. The van der Waals surface area contributed by atoms with Crippen LogP contribution in [0.1, 0.15) is 40.0 Å². The molecule has 0 saturated heterocycles. The van der Waals surface area contributed by atoms with E-state index >= 15 is 0 Å². The number of hydrogen-bond donors (Lipinski definition) is 2. The zero-order valence-corrected chi connectivity index (χ0v) is 12.0. The average molecular weight is 256 g/mol. The Morgan fingerprint density at radius 1 is 1.44 bits per heavy atom. The summed E-state index contributed by atoms with van der Waals surface area (Å²) in [4.78, 5) is 11.9. The Labute approximate surface area is 111 Å². The van der Waals surface area contributed by atoms with Crippen molar-refractivity contribution in [2.75, 3.05) is 26.3 Å². The molecular formula is C14H28N2O2. The number of ether oxygens (including phenoxy) is 1. The Kier molecular flexibility index (Phi) is 6.09. The maximum Gasteiger partial charge on any atom is 0.224 e. The Bertz CT molecular complexity index is 257. The predicted octanol–water partition coefficient (Wildman–Crippen LogP) is 1.54. The summed E-state index contributed by atoms with van der Waals surface area (Å²) in [5, 5.41) is 2.91. The van der Waals surface area contributed by atoms with Gasteiger partial charge < -0.3 is 15.8 Å². The quantitative estimate of drug-likeness (QED) is 0.647. The summed E-state index contributed by atoms with van der Waals surface area (Å²) in [6.45, 7) is 8.83. The van der Waals surface area contributed by atoms with Crippen LogP contribution in [-0.4, -0.2) is 32.2 Å². The van der Waals surface area contributed by atoms with Crippen LogP contribution in [0.2, 0.25) is 0 Å². The molecule has 1 unspecified atom stereocenters. The molecule has 1 atom stereocenters. The molecule has 0 bridgehead atoms. The predicted molar refractivity (Wildman–Crippen MR) is 73.2 cm³/mol. The van der Waals surface area contributed by atoms with Gasteiger partial charge in [0.1, 0.15) is 0 Å². The minimum absolute atomic E-state index is 0.0578. The molecule has 1 saturated carbocycles. The molecule has 1 aliphatic rings. The molecule has 4 heteroatoms. The summed E-state index contributed by atoms with van der Waals surface area (Å²) in [5.41, 5.74) is 5.80.